The van der Waals surface area contributed by atoms with E-state index in [0.717, 1.165) is 24.4 Å². The summed E-state index contributed by atoms with van der Waals surface area (Å²) in [6.07, 6.45) is 2.46. The lowest BCUT2D eigenvalue weighted by atomic mass is 10.2. The SMILES string of the molecule is COc1ccc(CNCCc2nncn2C)cc1F. The van der Waals surface area contributed by atoms with E-state index in [1.807, 2.05) is 17.7 Å². The second-order valence-corrected chi connectivity index (χ2v) is 4.25. The van der Waals surface area contributed by atoms with Gasteiger partial charge in [-0.1, -0.05) is 6.07 Å². The molecular weight excluding hydrogens is 247 g/mol. The summed E-state index contributed by atoms with van der Waals surface area (Å²) in [5.41, 5.74) is 0.885. The average molecular weight is 264 g/mol. The molecule has 2 aromatic rings. The van der Waals surface area contributed by atoms with Crippen molar-refractivity contribution < 1.29 is 9.13 Å². The first-order chi connectivity index (χ1) is 9.20. The third-order valence-corrected chi connectivity index (χ3v) is 2.88. The van der Waals surface area contributed by atoms with Gasteiger partial charge in [-0.05, 0) is 17.7 Å². The van der Waals surface area contributed by atoms with E-state index in [2.05, 4.69) is 15.5 Å². The molecule has 1 aromatic carbocycles. The second-order valence-electron chi connectivity index (χ2n) is 4.25. The Hall–Kier alpha value is -1.95. The van der Waals surface area contributed by atoms with Crippen molar-refractivity contribution in [3.05, 3.63) is 41.7 Å². The summed E-state index contributed by atoms with van der Waals surface area (Å²) in [4.78, 5) is 0. The lowest BCUT2D eigenvalue weighted by Gasteiger charge is -2.07. The van der Waals surface area contributed by atoms with Crippen molar-refractivity contribution in [2.75, 3.05) is 13.7 Å². The molecule has 1 aromatic heterocycles. The number of aryl methyl sites for hydroxylation is 1. The Morgan fingerprint density at radius 1 is 1.42 bits per heavy atom. The molecular formula is C13H17FN4O. The van der Waals surface area contributed by atoms with E-state index in [1.165, 1.54) is 13.2 Å². The van der Waals surface area contributed by atoms with Gasteiger partial charge >= 0.3 is 0 Å². The first-order valence-corrected chi connectivity index (χ1v) is 6.06. The lowest BCUT2D eigenvalue weighted by molar-refractivity contribution is 0.386. The molecule has 1 N–H and O–H groups in total. The molecule has 6 heteroatoms. The van der Waals surface area contributed by atoms with Gasteiger partial charge in [-0.2, -0.15) is 0 Å². The largest absolute Gasteiger partial charge is 0.494 e. The predicted molar refractivity (Wildman–Crippen MR) is 69.4 cm³/mol. The number of hydrogen-bond acceptors (Lipinski definition) is 4. The molecule has 102 valence electrons. The highest BCUT2D eigenvalue weighted by Gasteiger charge is 2.04. The standard InChI is InChI=1S/C13H17FN4O/c1-18-9-16-17-13(18)5-6-15-8-10-3-4-12(19-2)11(14)7-10/h3-4,7,9,15H,5-6,8H2,1-2H3. The molecule has 0 amide bonds. The molecule has 5 nitrogen and oxygen atoms in total. The zero-order chi connectivity index (χ0) is 13.7. The number of ether oxygens (including phenoxy) is 1. The van der Waals surface area contributed by atoms with E-state index in [-0.39, 0.29) is 11.6 Å². The fraction of sp³-hybridized carbons (Fsp3) is 0.385. The van der Waals surface area contributed by atoms with Gasteiger partial charge in [-0.3, -0.25) is 0 Å². The first-order valence-electron chi connectivity index (χ1n) is 6.06. The second kappa shape index (κ2) is 6.29. The van der Waals surface area contributed by atoms with Crippen molar-refractivity contribution in [3.63, 3.8) is 0 Å². The minimum Gasteiger partial charge on any atom is -0.494 e. The van der Waals surface area contributed by atoms with Crippen LogP contribution in [0.4, 0.5) is 4.39 Å². The summed E-state index contributed by atoms with van der Waals surface area (Å²) in [6.45, 7) is 1.37. The molecule has 0 radical (unpaired) electrons. The van der Waals surface area contributed by atoms with Gasteiger partial charge < -0.3 is 14.6 Å². The molecule has 1 heterocycles. The molecule has 0 atom stereocenters. The zero-order valence-corrected chi connectivity index (χ0v) is 11.1. The van der Waals surface area contributed by atoms with Crippen LogP contribution < -0.4 is 10.1 Å². The highest BCUT2D eigenvalue weighted by molar-refractivity contribution is 5.29. The van der Waals surface area contributed by atoms with Crippen molar-refractivity contribution in [1.29, 1.82) is 0 Å². The fourth-order valence-corrected chi connectivity index (χ4v) is 1.79. The molecule has 0 aliphatic heterocycles. The maximum Gasteiger partial charge on any atom is 0.165 e. The number of methoxy groups -OCH3 is 1. The average Bonchev–Trinajstić information content (AvgIpc) is 2.80. The Kier molecular flexibility index (Phi) is 4.46. The van der Waals surface area contributed by atoms with E-state index in [0.29, 0.717) is 6.54 Å². The molecule has 0 spiro atoms. The Morgan fingerprint density at radius 2 is 2.26 bits per heavy atom. The molecule has 0 fully saturated rings. The summed E-state index contributed by atoms with van der Waals surface area (Å²) < 4.78 is 20.2. The van der Waals surface area contributed by atoms with E-state index >= 15 is 0 Å². The van der Waals surface area contributed by atoms with E-state index in [1.54, 1.807) is 12.4 Å². The monoisotopic (exact) mass is 264 g/mol. The molecule has 2 rings (SSSR count). The van der Waals surface area contributed by atoms with Crippen LogP contribution in [0.2, 0.25) is 0 Å². The molecule has 0 aliphatic rings. The fourth-order valence-electron chi connectivity index (χ4n) is 1.79. The maximum atomic E-state index is 13.5. The number of nitrogens with one attached hydrogen (secondary N) is 1. The van der Waals surface area contributed by atoms with Gasteiger partial charge in [0.25, 0.3) is 0 Å². The summed E-state index contributed by atoms with van der Waals surface area (Å²) in [6, 6.07) is 4.96. The number of hydrogen-bond donors (Lipinski definition) is 1. The molecule has 0 bridgehead atoms. The number of rotatable bonds is 6. The summed E-state index contributed by atoms with van der Waals surface area (Å²) in [5, 5.41) is 11.0. The van der Waals surface area contributed by atoms with Crippen molar-refractivity contribution in [3.8, 4) is 5.75 Å². The minimum atomic E-state index is -0.338. The Morgan fingerprint density at radius 3 is 2.89 bits per heavy atom. The molecule has 19 heavy (non-hydrogen) atoms. The van der Waals surface area contributed by atoms with Gasteiger partial charge in [0, 0.05) is 26.6 Å². The third-order valence-electron chi connectivity index (χ3n) is 2.88. The van der Waals surface area contributed by atoms with Gasteiger partial charge in [0.1, 0.15) is 12.2 Å². The number of aromatic nitrogens is 3. The maximum absolute atomic E-state index is 13.5. The van der Waals surface area contributed by atoms with Crippen LogP contribution in [0.1, 0.15) is 11.4 Å². The highest BCUT2D eigenvalue weighted by atomic mass is 19.1. The van der Waals surface area contributed by atoms with Gasteiger partial charge in [0.05, 0.1) is 7.11 Å². The normalized spacial score (nSPS) is 10.7. The van der Waals surface area contributed by atoms with Crippen LogP contribution in [-0.2, 0) is 20.0 Å². The third kappa shape index (κ3) is 3.51. The number of benzene rings is 1. The quantitative estimate of drug-likeness (QED) is 0.799. The summed E-state index contributed by atoms with van der Waals surface area (Å²) in [7, 11) is 3.37. The Bertz CT molecular complexity index is 541. The molecule has 0 saturated carbocycles. The van der Waals surface area contributed by atoms with Crippen LogP contribution in [0.25, 0.3) is 0 Å². The Labute approximate surface area is 111 Å². The number of nitrogens with zero attached hydrogens (tertiary/aromatic N) is 3. The van der Waals surface area contributed by atoms with Crippen molar-refractivity contribution in [2.45, 2.75) is 13.0 Å². The Balaban J connectivity index is 1.80. The van der Waals surface area contributed by atoms with Gasteiger partial charge in [0.2, 0.25) is 0 Å². The van der Waals surface area contributed by atoms with E-state index in [9.17, 15) is 4.39 Å². The van der Waals surface area contributed by atoms with Gasteiger partial charge in [-0.15, -0.1) is 10.2 Å². The van der Waals surface area contributed by atoms with E-state index < -0.39 is 0 Å². The van der Waals surface area contributed by atoms with Crippen LogP contribution >= 0.6 is 0 Å². The molecule has 0 unspecified atom stereocenters. The van der Waals surface area contributed by atoms with Gasteiger partial charge in [0.15, 0.2) is 11.6 Å². The summed E-state index contributed by atoms with van der Waals surface area (Å²) >= 11 is 0. The highest BCUT2D eigenvalue weighted by Crippen LogP contribution is 2.17. The topological polar surface area (TPSA) is 52.0 Å². The first kappa shape index (κ1) is 13.5. The van der Waals surface area contributed by atoms with Crippen LogP contribution in [-0.4, -0.2) is 28.4 Å². The van der Waals surface area contributed by atoms with Crippen LogP contribution in [0.15, 0.2) is 24.5 Å². The van der Waals surface area contributed by atoms with Crippen LogP contribution in [0, 0.1) is 5.82 Å². The van der Waals surface area contributed by atoms with Gasteiger partial charge in [-0.25, -0.2) is 4.39 Å². The van der Waals surface area contributed by atoms with Crippen molar-refractivity contribution in [2.24, 2.45) is 7.05 Å². The van der Waals surface area contributed by atoms with E-state index in [4.69, 9.17) is 4.74 Å². The smallest absolute Gasteiger partial charge is 0.165 e. The zero-order valence-electron chi connectivity index (χ0n) is 11.1. The minimum absolute atomic E-state index is 0.267. The van der Waals surface area contributed by atoms with Crippen LogP contribution in [0.5, 0.6) is 5.75 Å². The molecule has 0 aliphatic carbocycles. The summed E-state index contributed by atoms with van der Waals surface area (Å²) in [5.74, 6) is 0.853. The van der Waals surface area contributed by atoms with Crippen molar-refractivity contribution in [1.82, 2.24) is 20.1 Å². The molecule has 0 saturated heterocycles. The lowest BCUT2D eigenvalue weighted by Crippen LogP contribution is -2.18. The number of halogens is 1. The van der Waals surface area contributed by atoms with Crippen molar-refractivity contribution >= 4 is 0 Å². The predicted octanol–water partition coefficient (Wildman–Crippen LogP) is 1.30. The van der Waals surface area contributed by atoms with Crippen LogP contribution in [0.3, 0.4) is 0 Å².